The average molecular weight is 217 g/mol. The number of benzene rings is 1. The fourth-order valence-electron chi connectivity index (χ4n) is 1.64. The van der Waals surface area contributed by atoms with Gasteiger partial charge in [-0.15, -0.1) is 0 Å². The van der Waals surface area contributed by atoms with E-state index in [1.54, 1.807) is 37.5 Å². The van der Waals surface area contributed by atoms with Gasteiger partial charge >= 0.3 is 0 Å². The predicted octanol–water partition coefficient (Wildman–Crippen LogP) is 2.50. The molecule has 3 heteroatoms. The smallest absolute Gasteiger partial charge is 0.258 e. The van der Waals surface area contributed by atoms with Crippen molar-refractivity contribution in [2.45, 2.75) is 6.92 Å². The largest absolute Gasteiger partial charge is 0.318 e. The third kappa shape index (κ3) is 1.76. The maximum atomic E-state index is 13.7. The van der Waals surface area contributed by atoms with Crippen molar-refractivity contribution in [2.24, 2.45) is 7.05 Å². The zero-order valence-electron chi connectivity index (χ0n) is 9.20. The number of rotatable bonds is 1. The summed E-state index contributed by atoms with van der Waals surface area (Å²) in [7, 11) is 1.65. The first-order chi connectivity index (χ1) is 7.59. The Morgan fingerprint density at radius 2 is 1.94 bits per heavy atom. The summed E-state index contributed by atoms with van der Waals surface area (Å²) in [6.45, 7) is 1.82. The minimum absolute atomic E-state index is 0.190. The Kier molecular flexibility index (Phi) is 2.60. The Bertz CT molecular complexity index is 587. The second kappa shape index (κ2) is 3.93. The maximum absolute atomic E-state index is 13.7. The topological polar surface area (TPSA) is 22.0 Å². The zero-order valence-corrected chi connectivity index (χ0v) is 9.20. The summed E-state index contributed by atoms with van der Waals surface area (Å²) in [5.41, 5.74) is 1.40. The van der Waals surface area contributed by atoms with E-state index < -0.39 is 0 Å². The molecule has 2 nitrogen and oxygen atoms in total. The molecule has 2 rings (SSSR count). The fraction of sp³-hybridized carbons (Fsp3) is 0.154. The summed E-state index contributed by atoms with van der Waals surface area (Å²) >= 11 is 0. The number of nitrogens with zero attached hydrogens (tertiary/aromatic N) is 1. The lowest BCUT2D eigenvalue weighted by Gasteiger charge is -2.05. The van der Waals surface area contributed by atoms with E-state index in [-0.39, 0.29) is 11.4 Å². The van der Waals surface area contributed by atoms with Gasteiger partial charge < -0.3 is 4.57 Å². The van der Waals surface area contributed by atoms with E-state index in [0.717, 1.165) is 5.56 Å². The Balaban J connectivity index is 2.68. The van der Waals surface area contributed by atoms with E-state index in [1.165, 1.54) is 10.6 Å². The molecule has 0 saturated heterocycles. The third-order valence-corrected chi connectivity index (χ3v) is 2.54. The molecule has 0 atom stereocenters. The zero-order chi connectivity index (χ0) is 11.7. The predicted molar refractivity (Wildman–Crippen MR) is 61.8 cm³/mol. The van der Waals surface area contributed by atoms with Crippen LogP contribution in [0.25, 0.3) is 11.1 Å². The lowest BCUT2D eigenvalue weighted by molar-refractivity contribution is 0.629. The summed E-state index contributed by atoms with van der Waals surface area (Å²) in [6.07, 6.45) is 1.65. The first-order valence-electron chi connectivity index (χ1n) is 5.02. The molecular formula is C13H12FNO. The van der Waals surface area contributed by atoms with Gasteiger partial charge in [0, 0.05) is 18.8 Å². The lowest BCUT2D eigenvalue weighted by atomic mass is 10.1. The number of aromatic nitrogens is 1. The van der Waals surface area contributed by atoms with E-state index in [1.807, 2.05) is 6.92 Å². The maximum Gasteiger partial charge on any atom is 0.258 e. The molecule has 1 aromatic carbocycles. The van der Waals surface area contributed by atoms with Gasteiger partial charge in [0.1, 0.15) is 5.82 Å². The van der Waals surface area contributed by atoms with Gasteiger partial charge in [-0.1, -0.05) is 12.1 Å². The quantitative estimate of drug-likeness (QED) is 0.719. The van der Waals surface area contributed by atoms with Crippen LogP contribution in [0.1, 0.15) is 5.56 Å². The molecule has 16 heavy (non-hydrogen) atoms. The molecule has 1 aromatic heterocycles. The summed E-state index contributed by atoms with van der Waals surface area (Å²) < 4.78 is 15.1. The molecule has 0 aliphatic heterocycles. The Hall–Kier alpha value is -1.90. The molecule has 82 valence electrons. The summed E-state index contributed by atoms with van der Waals surface area (Å²) in [4.78, 5) is 11.8. The molecule has 0 aliphatic rings. The molecule has 0 saturated carbocycles. The van der Waals surface area contributed by atoms with E-state index in [4.69, 9.17) is 0 Å². The van der Waals surface area contributed by atoms with Crippen LogP contribution in [0.4, 0.5) is 4.39 Å². The van der Waals surface area contributed by atoms with Crippen LogP contribution in [0.5, 0.6) is 0 Å². The second-order valence-corrected chi connectivity index (χ2v) is 3.82. The van der Waals surface area contributed by atoms with Crippen LogP contribution in [0.3, 0.4) is 0 Å². The second-order valence-electron chi connectivity index (χ2n) is 3.82. The van der Waals surface area contributed by atoms with Crippen molar-refractivity contribution in [3.05, 3.63) is 58.3 Å². The highest BCUT2D eigenvalue weighted by atomic mass is 19.1. The number of hydrogen-bond acceptors (Lipinski definition) is 1. The van der Waals surface area contributed by atoms with Crippen LogP contribution in [-0.4, -0.2) is 4.57 Å². The molecular weight excluding hydrogens is 205 g/mol. The van der Waals surface area contributed by atoms with Gasteiger partial charge in [0.2, 0.25) is 0 Å². The van der Waals surface area contributed by atoms with Gasteiger partial charge in [-0.25, -0.2) is 4.39 Å². The first-order valence-corrected chi connectivity index (χ1v) is 5.02. The van der Waals surface area contributed by atoms with Gasteiger partial charge in [-0.2, -0.15) is 0 Å². The lowest BCUT2D eigenvalue weighted by Crippen LogP contribution is -2.17. The minimum atomic E-state index is -0.358. The van der Waals surface area contributed by atoms with Crippen molar-refractivity contribution < 1.29 is 4.39 Å². The molecule has 0 N–H and O–H groups in total. The third-order valence-electron chi connectivity index (χ3n) is 2.54. The van der Waals surface area contributed by atoms with Crippen LogP contribution in [0.2, 0.25) is 0 Å². The number of pyridine rings is 1. The molecule has 0 aliphatic carbocycles. The molecule has 0 bridgehead atoms. The SMILES string of the molecule is Cc1ccc(-c2cccn(C)c2=O)c(F)c1. The molecule has 2 aromatic rings. The van der Waals surface area contributed by atoms with Crippen molar-refractivity contribution in [1.29, 1.82) is 0 Å². The number of hydrogen-bond donors (Lipinski definition) is 0. The monoisotopic (exact) mass is 217 g/mol. The van der Waals surface area contributed by atoms with Crippen molar-refractivity contribution in [3.8, 4) is 11.1 Å². The highest BCUT2D eigenvalue weighted by molar-refractivity contribution is 5.63. The average Bonchev–Trinajstić information content (AvgIpc) is 2.23. The van der Waals surface area contributed by atoms with Crippen LogP contribution in [0.15, 0.2) is 41.3 Å². The van der Waals surface area contributed by atoms with E-state index >= 15 is 0 Å². The van der Waals surface area contributed by atoms with Crippen molar-refractivity contribution in [1.82, 2.24) is 4.57 Å². The van der Waals surface area contributed by atoms with Gasteiger partial charge in [-0.05, 0) is 30.7 Å². The van der Waals surface area contributed by atoms with Gasteiger partial charge in [-0.3, -0.25) is 4.79 Å². The Labute approximate surface area is 93.0 Å². The van der Waals surface area contributed by atoms with Crippen LogP contribution < -0.4 is 5.56 Å². The van der Waals surface area contributed by atoms with Gasteiger partial charge in [0.25, 0.3) is 5.56 Å². The van der Waals surface area contributed by atoms with Gasteiger partial charge in [0.05, 0.1) is 5.56 Å². The number of halogens is 1. The first kappa shape index (κ1) is 10.6. The van der Waals surface area contributed by atoms with E-state index in [2.05, 4.69) is 0 Å². The Morgan fingerprint density at radius 3 is 2.62 bits per heavy atom. The molecule has 0 amide bonds. The van der Waals surface area contributed by atoms with E-state index in [0.29, 0.717) is 11.1 Å². The van der Waals surface area contributed by atoms with Crippen LogP contribution >= 0.6 is 0 Å². The standard InChI is InChI=1S/C13H12FNO/c1-9-5-6-10(12(14)8-9)11-4-3-7-15(2)13(11)16/h3-8H,1-2H3. The fourth-order valence-corrected chi connectivity index (χ4v) is 1.64. The normalized spacial score (nSPS) is 10.4. The number of aryl methyl sites for hydroxylation is 2. The van der Waals surface area contributed by atoms with E-state index in [9.17, 15) is 9.18 Å². The van der Waals surface area contributed by atoms with Crippen LogP contribution in [0, 0.1) is 12.7 Å². The highest BCUT2D eigenvalue weighted by Crippen LogP contribution is 2.20. The Morgan fingerprint density at radius 1 is 1.19 bits per heavy atom. The molecule has 0 radical (unpaired) electrons. The van der Waals surface area contributed by atoms with Crippen molar-refractivity contribution in [2.75, 3.05) is 0 Å². The summed E-state index contributed by atoms with van der Waals surface area (Å²) in [6, 6.07) is 8.24. The molecule has 0 unspecified atom stereocenters. The molecule has 0 fully saturated rings. The minimum Gasteiger partial charge on any atom is -0.318 e. The van der Waals surface area contributed by atoms with Crippen molar-refractivity contribution in [3.63, 3.8) is 0 Å². The van der Waals surface area contributed by atoms with Crippen LogP contribution in [-0.2, 0) is 7.05 Å². The summed E-state index contributed by atoms with van der Waals surface area (Å²) in [5, 5.41) is 0. The summed E-state index contributed by atoms with van der Waals surface area (Å²) in [5.74, 6) is -0.358. The highest BCUT2D eigenvalue weighted by Gasteiger charge is 2.09. The molecule has 0 spiro atoms. The van der Waals surface area contributed by atoms with Gasteiger partial charge in [0.15, 0.2) is 0 Å². The van der Waals surface area contributed by atoms with Crippen molar-refractivity contribution >= 4 is 0 Å². The molecule has 1 heterocycles.